The van der Waals surface area contributed by atoms with Gasteiger partial charge in [0.05, 0.1) is 18.4 Å². The van der Waals surface area contributed by atoms with Crippen molar-refractivity contribution in [1.82, 2.24) is 4.57 Å². The van der Waals surface area contributed by atoms with Crippen molar-refractivity contribution in [2.45, 2.75) is 84.3 Å². The molecule has 2 aromatic carbocycles. The average molecular weight is 447 g/mol. The van der Waals surface area contributed by atoms with Crippen LogP contribution in [0.2, 0.25) is 0 Å². The van der Waals surface area contributed by atoms with Crippen LogP contribution in [-0.4, -0.2) is 24.4 Å². The molecule has 3 aromatic rings. The highest BCUT2D eigenvalue weighted by Gasteiger charge is 2.44. The van der Waals surface area contributed by atoms with Crippen molar-refractivity contribution in [2.24, 2.45) is 0 Å². The largest absolute Gasteiger partial charge is 0.567 e. The number of ether oxygens (including phenoxy) is 1. The van der Waals surface area contributed by atoms with Gasteiger partial charge in [-0.25, -0.2) is 0 Å². The maximum atomic E-state index is 6.18. The van der Waals surface area contributed by atoms with E-state index in [1.165, 1.54) is 73.2 Å². The maximum Gasteiger partial charge on any atom is 0.567 e. The standard InChI is InChI=1S/C28H38BNO3/c1-6-7-8-9-10-11-12-15-18-30-25-17-14-13-16-22(25)23-19-24(27(31-5)20-26(23)30)29-32-21(2)28(3,4)33-29/h13-14,16-17,19-20H,2,6-12,15,18H2,1,3-5H3. The third-order valence-electron chi connectivity index (χ3n) is 6.94. The first-order chi connectivity index (χ1) is 16.0. The number of benzene rings is 2. The van der Waals surface area contributed by atoms with Gasteiger partial charge in [0.15, 0.2) is 0 Å². The molecule has 0 amide bonds. The van der Waals surface area contributed by atoms with E-state index in [1.54, 1.807) is 7.11 Å². The highest BCUT2D eigenvalue weighted by Crippen LogP contribution is 2.34. The predicted molar refractivity (Wildman–Crippen MR) is 139 cm³/mol. The third kappa shape index (κ3) is 4.94. The van der Waals surface area contributed by atoms with Crippen LogP contribution >= 0.6 is 0 Å². The van der Waals surface area contributed by atoms with Crippen LogP contribution < -0.4 is 10.2 Å². The molecule has 4 rings (SSSR count). The van der Waals surface area contributed by atoms with Gasteiger partial charge >= 0.3 is 7.12 Å². The first-order valence-electron chi connectivity index (χ1n) is 12.6. The van der Waals surface area contributed by atoms with Crippen molar-refractivity contribution in [3.8, 4) is 5.75 Å². The van der Waals surface area contributed by atoms with Gasteiger partial charge in [0.25, 0.3) is 0 Å². The minimum Gasteiger partial charge on any atom is -0.534 e. The zero-order chi connectivity index (χ0) is 23.4. The monoisotopic (exact) mass is 447 g/mol. The topological polar surface area (TPSA) is 32.6 Å². The van der Waals surface area contributed by atoms with Gasteiger partial charge in [-0.3, -0.25) is 0 Å². The van der Waals surface area contributed by atoms with Crippen molar-refractivity contribution in [3.63, 3.8) is 0 Å². The molecule has 0 radical (unpaired) electrons. The summed E-state index contributed by atoms with van der Waals surface area (Å²) in [6.07, 6.45) is 10.6. The lowest BCUT2D eigenvalue weighted by molar-refractivity contribution is 0.173. The molecule has 0 spiro atoms. The molecule has 5 heteroatoms. The summed E-state index contributed by atoms with van der Waals surface area (Å²) in [5.41, 5.74) is 2.87. The number of para-hydroxylation sites is 1. The van der Waals surface area contributed by atoms with Gasteiger partial charge in [0.2, 0.25) is 0 Å². The molecular formula is C28H38BNO3. The minimum absolute atomic E-state index is 0.512. The molecule has 0 N–H and O–H groups in total. The summed E-state index contributed by atoms with van der Waals surface area (Å²) in [5, 5.41) is 2.47. The number of aromatic nitrogens is 1. The van der Waals surface area contributed by atoms with Crippen LogP contribution in [0.1, 0.15) is 72.1 Å². The van der Waals surface area contributed by atoms with Crippen LogP contribution in [-0.2, 0) is 15.9 Å². The van der Waals surface area contributed by atoms with Gasteiger partial charge in [-0.2, -0.15) is 0 Å². The van der Waals surface area contributed by atoms with Gasteiger partial charge in [0.1, 0.15) is 11.4 Å². The van der Waals surface area contributed by atoms with E-state index >= 15 is 0 Å². The van der Waals surface area contributed by atoms with Gasteiger partial charge in [-0.15, -0.1) is 0 Å². The van der Waals surface area contributed by atoms with Crippen LogP contribution in [0, 0.1) is 0 Å². The van der Waals surface area contributed by atoms with E-state index in [4.69, 9.17) is 14.0 Å². The number of methoxy groups -OCH3 is 1. The summed E-state index contributed by atoms with van der Waals surface area (Å²) in [5.74, 6) is 1.43. The molecular weight excluding hydrogens is 409 g/mol. The van der Waals surface area contributed by atoms with Gasteiger partial charge in [0, 0.05) is 34.4 Å². The maximum absolute atomic E-state index is 6.18. The van der Waals surface area contributed by atoms with E-state index < -0.39 is 12.7 Å². The smallest absolute Gasteiger partial charge is 0.534 e. The van der Waals surface area contributed by atoms with Gasteiger partial charge < -0.3 is 18.6 Å². The lowest BCUT2D eigenvalue weighted by atomic mass is 9.77. The van der Waals surface area contributed by atoms with E-state index in [2.05, 4.69) is 54.5 Å². The van der Waals surface area contributed by atoms with Crippen molar-refractivity contribution in [2.75, 3.05) is 7.11 Å². The van der Waals surface area contributed by atoms with Gasteiger partial charge in [-0.1, -0.05) is 76.6 Å². The lowest BCUT2D eigenvalue weighted by Crippen LogP contribution is -2.35. The highest BCUT2D eigenvalue weighted by molar-refractivity contribution is 6.63. The van der Waals surface area contributed by atoms with Crippen molar-refractivity contribution in [1.29, 1.82) is 0 Å². The van der Waals surface area contributed by atoms with Crippen LogP contribution in [0.4, 0.5) is 0 Å². The molecule has 1 aliphatic rings. The van der Waals surface area contributed by atoms with Crippen LogP contribution in [0.15, 0.2) is 48.7 Å². The number of aryl methyl sites for hydroxylation is 1. The fourth-order valence-corrected chi connectivity index (χ4v) is 4.85. The van der Waals surface area contributed by atoms with E-state index in [-0.39, 0.29) is 0 Å². The molecule has 1 aliphatic heterocycles. The average Bonchev–Trinajstić information content (AvgIpc) is 3.27. The summed E-state index contributed by atoms with van der Waals surface area (Å²) >= 11 is 0. The first kappa shape index (κ1) is 23.8. The summed E-state index contributed by atoms with van der Waals surface area (Å²) in [6, 6.07) is 13.0. The second-order valence-electron chi connectivity index (χ2n) is 9.76. The summed E-state index contributed by atoms with van der Waals surface area (Å²) in [6.45, 7) is 11.3. The van der Waals surface area contributed by atoms with Crippen molar-refractivity contribution < 1.29 is 14.0 Å². The Morgan fingerprint density at radius 2 is 1.64 bits per heavy atom. The third-order valence-corrected chi connectivity index (χ3v) is 6.94. The molecule has 33 heavy (non-hydrogen) atoms. The molecule has 176 valence electrons. The highest BCUT2D eigenvalue weighted by atomic mass is 16.7. The van der Waals surface area contributed by atoms with Gasteiger partial charge in [-0.05, 0) is 32.4 Å². The Kier molecular flexibility index (Phi) is 7.38. The Morgan fingerprint density at radius 1 is 0.939 bits per heavy atom. The Bertz CT molecular complexity index is 1120. The van der Waals surface area contributed by atoms with E-state index in [9.17, 15) is 0 Å². The quantitative estimate of drug-likeness (QED) is 0.235. The summed E-state index contributed by atoms with van der Waals surface area (Å²) in [4.78, 5) is 0. The van der Waals surface area contributed by atoms with E-state index in [0.717, 1.165) is 17.8 Å². The number of hydrogen-bond donors (Lipinski definition) is 0. The summed E-state index contributed by atoms with van der Waals surface area (Å²) in [7, 11) is 1.20. The molecule has 1 saturated heterocycles. The zero-order valence-corrected chi connectivity index (χ0v) is 20.8. The first-order valence-corrected chi connectivity index (χ1v) is 12.6. The Labute approximate surface area is 199 Å². The fraction of sp³-hybridized carbons (Fsp3) is 0.500. The molecule has 4 nitrogen and oxygen atoms in total. The Hall–Kier alpha value is -2.40. The van der Waals surface area contributed by atoms with Crippen LogP contribution in [0.3, 0.4) is 0 Å². The molecule has 2 heterocycles. The Balaban J connectivity index is 1.59. The zero-order valence-electron chi connectivity index (χ0n) is 20.8. The van der Waals surface area contributed by atoms with Crippen molar-refractivity contribution in [3.05, 3.63) is 48.7 Å². The number of fused-ring (bicyclic) bond motifs is 3. The fourth-order valence-electron chi connectivity index (χ4n) is 4.85. The second kappa shape index (κ2) is 10.3. The number of rotatable bonds is 11. The molecule has 1 aromatic heterocycles. The van der Waals surface area contributed by atoms with E-state index in [0.29, 0.717) is 5.76 Å². The Morgan fingerprint density at radius 3 is 2.30 bits per heavy atom. The van der Waals surface area contributed by atoms with Crippen LogP contribution in [0.25, 0.3) is 21.8 Å². The second-order valence-corrected chi connectivity index (χ2v) is 9.76. The summed E-state index contributed by atoms with van der Waals surface area (Å²) < 4.78 is 20.4. The lowest BCUT2D eigenvalue weighted by Gasteiger charge is -2.16. The normalized spacial score (nSPS) is 15.5. The SMILES string of the molecule is C=C1OB(c2cc3c4ccccc4n(CCCCCCCCCC)c3cc2OC)OC1(C)C. The van der Waals surface area contributed by atoms with E-state index in [1.807, 2.05) is 13.8 Å². The minimum atomic E-state index is -0.519. The molecule has 1 fully saturated rings. The molecule has 0 saturated carbocycles. The molecule has 0 aliphatic carbocycles. The van der Waals surface area contributed by atoms with Crippen molar-refractivity contribution >= 4 is 34.4 Å². The number of hydrogen-bond acceptors (Lipinski definition) is 3. The number of nitrogens with zero attached hydrogens (tertiary/aromatic N) is 1. The predicted octanol–water partition coefficient (Wildman–Crippen LogP) is 6.98. The molecule has 0 bridgehead atoms. The van der Waals surface area contributed by atoms with Crippen LogP contribution in [0.5, 0.6) is 5.75 Å². The molecule has 0 atom stereocenters. The molecule has 0 unspecified atom stereocenters. The number of unbranched alkanes of at least 4 members (excludes halogenated alkanes) is 7.